The van der Waals surface area contributed by atoms with Gasteiger partial charge in [-0.25, -0.2) is 4.79 Å². The first-order valence-electron chi connectivity index (χ1n) is 8.60. The second-order valence-electron chi connectivity index (χ2n) is 6.79. The number of carbonyl (C=O) groups excluding carboxylic acids is 1. The Labute approximate surface area is 150 Å². The van der Waals surface area contributed by atoms with Crippen molar-refractivity contribution in [3.8, 4) is 5.75 Å². The lowest BCUT2D eigenvalue weighted by Gasteiger charge is -2.28. The minimum absolute atomic E-state index is 0.0319. The fraction of sp³-hybridized carbons (Fsp3) is 0.238. The zero-order chi connectivity index (χ0) is 18.3. The molecule has 0 saturated heterocycles. The SMILES string of the molecule is Cc1ccc(CN2CCc3c(c(=O)oc4c(C=O)c(O)ccc34)C2)cc1. The highest BCUT2D eigenvalue weighted by Crippen LogP contribution is 2.31. The molecule has 0 atom stereocenters. The van der Waals surface area contributed by atoms with Gasteiger partial charge >= 0.3 is 5.63 Å². The number of aromatic hydroxyl groups is 1. The van der Waals surface area contributed by atoms with Crippen LogP contribution in [0.4, 0.5) is 0 Å². The molecule has 4 rings (SSSR count). The fourth-order valence-electron chi connectivity index (χ4n) is 3.60. The maximum atomic E-state index is 12.5. The number of benzene rings is 2. The van der Waals surface area contributed by atoms with Crippen molar-refractivity contribution < 1.29 is 14.3 Å². The number of nitrogens with zero attached hydrogens (tertiary/aromatic N) is 1. The third-order valence-electron chi connectivity index (χ3n) is 5.01. The molecule has 1 aliphatic rings. The minimum Gasteiger partial charge on any atom is -0.507 e. The number of aldehydes is 1. The lowest BCUT2D eigenvalue weighted by atomic mass is 9.95. The van der Waals surface area contributed by atoms with Crippen molar-refractivity contribution in [3.05, 3.63) is 74.6 Å². The van der Waals surface area contributed by atoms with Crippen LogP contribution >= 0.6 is 0 Å². The van der Waals surface area contributed by atoms with Gasteiger partial charge in [0.25, 0.3) is 0 Å². The molecule has 1 aliphatic heterocycles. The quantitative estimate of drug-likeness (QED) is 0.581. The standard InChI is InChI=1S/C21H19NO4/c1-13-2-4-14(5-3-13)10-22-9-8-15-16-6-7-19(24)18(12-23)20(16)26-21(25)17(15)11-22/h2-7,12,24H,8-11H2,1H3. The van der Waals surface area contributed by atoms with Gasteiger partial charge in [0.15, 0.2) is 11.9 Å². The van der Waals surface area contributed by atoms with E-state index in [9.17, 15) is 14.7 Å². The molecular formula is C21H19NO4. The van der Waals surface area contributed by atoms with E-state index in [-0.39, 0.29) is 16.9 Å². The highest BCUT2D eigenvalue weighted by atomic mass is 16.4. The number of fused-ring (bicyclic) bond motifs is 3. The van der Waals surface area contributed by atoms with E-state index in [1.165, 1.54) is 17.2 Å². The van der Waals surface area contributed by atoms with Gasteiger partial charge in [-0.2, -0.15) is 0 Å². The van der Waals surface area contributed by atoms with Crippen molar-refractivity contribution in [3.63, 3.8) is 0 Å². The van der Waals surface area contributed by atoms with Crippen LogP contribution in [0.15, 0.2) is 45.6 Å². The average Bonchev–Trinajstić information content (AvgIpc) is 2.64. The van der Waals surface area contributed by atoms with Crippen molar-refractivity contribution >= 4 is 17.3 Å². The summed E-state index contributed by atoms with van der Waals surface area (Å²) in [5, 5.41) is 10.6. The van der Waals surface area contributed by atoms with Gasteiger partial charge in [-0.1, -0.05) is 29.8 Å². The van der Waals surface area contributed by atoms with Gasteiger partial charge in [-0.3, -0.25) is 9.69 Å². The highest BCUT2D eigenvalue weighted by Gasteiger charge is 2.24. The van der Waals surface area contributed by atoms with Crippen LogP contribution in [-0.4, -0.2) is 22.8 Å². The van der Waals surface area contributed by atoms with Gasteiger partial charge in [-0.15, -0.1) is 0 Å². The maximum Gasteiger partial charge on any atom is 0.341 e. The molecule has 3 aromatic rings. The molecule has 0 unspecified atom stereocenters. The van der Waals surface area contributed by atoms with E-state index >= 15 is 0 Å². The third kappa shape index (κ3) is 2.80. The molecule has 0 spiro atoms. The van der Waals surface area contributed by atoms with Crippen molar-refractivity contribution in [2.75, 3.05) is 6.54 Å². The van der Waals surface area contributed by atoms with Crippen molar-refractivity contribution in [1.29, 1.82) is 0 Å². The number of hydrogen-bond donors (Lipinski definition) is 1. The molecule has 1 N–H and O–H groups in total. The summed E-state index contributed by atoms with van der Waals surface area (Å²) < 4.78 is 5.40. The largest absolute Gasteiger partial charge is 0.507 e. The van der Waals surface area contributed by atoms with Crippen LogP contribution in [0.1, 0.15) is 32.6 Å². The summed E-state index contributed by atoms with van der Waals surface area (Å²) in [6.45, 7) is 4.16. The summed E-state index contributed by atoms with van der Waals surface area (Å²) in [5.41, 5.74) is 3.75. The van der Waals surface area contributed by atoms with Gasteiger partial charge in [0.05, 0.1) is 11.1 Å². The Morgan fingerprint density at radius 2 is 1.92 bits per heavy atom. The van der Waals surface area contributed by atoms with Crippen LogP contribution in [0.3, 0.4) is 0 Å². The first-order chi connectivity index (χ1) is 12.6. The zero-order valence-electron chi connectivity index (χ0n) is 14.5. The predicted octanol–water partition coefficient (Wildman–Crippen LogP) is 3.18. The normalized spacial score (nSPS) is 14.3. The Kier molecular flexibility index (Phi) is 4.09. The van der Waals surface area contributed by atoms with Gasteiger partial charge in [0.1, 0.15) is 5.75 Å². The third-order valence-corrected chi connectivity index (χ3v) is 5.01. The number of phenolic OH excluding ortho intramolecular Hbond substituents is 1. The maximum absolute atomic E-state index is 12.5. The predicted molar refractivity (Wildman–Crippen MR) is 98.5 cm³/mol. The monoisotopic (exact) mass is 349 g/mol. The van der Waals surface area contributed by atoms with Crippen LogP contribution in [0.5, 0.6) is 5.75 Å². The Balaban J connectivity index is 1.71. The average molecular weight is 349 g/mol. The summed E-state index contributed by atoms with van der Waals surface area (Å²) in [7, 11) is 0. The lowest BCUT2D eigenvalue weighted by Crippen LogP contribution is -2.33. The number of rotatable bonds is 3. The molecule has 1 aromatic heterocycles. The van der Waals surface area contributed by atoms with E-state index in [2.05, 4.69) is 36.1 Å². The van der Waals surface area contributed by atoms with Gasteiger partial charge < -0.3 is 9.52 Å². The van der Waals surface area contributed by atoms with Gasteiger partial charge in [0.2, 0.25) is 0 Å². The second kappa shape index (κ2) is 6.42. The highest BCUT2D eigenvalue weighted by molar-refractivity contribution is 5.98. The molecule has 2 heterocycles. The molecule has 0 aliphatic carbocycles. The topological polar surface area (TPSA) is 70.8 Å². The van der Waals surface area contributed by atoms with Crippen molar-refractivity contribution in [2.24, 2.45) is 0 Å². The van der Waals surface area contributed by atoms with E-state index in [0.717, 1.165) is 24.0 Å². The second-order valence-corrected chi connectivity index (χ2v) is 6.79. The molecule has 5 nitrogen and oxygen atoms in total. The Bertz CT molecular complexity index is 1050. The molecule has 0 amide bonds. The molecule has 0 bridgehead atoms. The molecule has 0 fully saturated rings. The summed E-state index contributed by atoms with van der Waals surface area (Å²) >= 11 is 0. The molecule has 0 saturated carbocycles. The van der Waals surface area contributed by atoms with E-state index in [1.807, 2.05) is 0 Å². The number of phenols is 1. The minimum atomic E-state index is -0.435. The van der Waals surface area contributed by atoms with E-state index in [1.54, 1.807) is 6.07 Å². The first kappa shape index (κ1) is 16.5. The number of carbonyl (C=O) groups is 1. The van der Waals surface area contributed by atoms with Gasteiger partial charge in [-0.05, 0) is 36.6 Å². The Morgan fingerprint density at radius 1 is 1.15 bits per heavy atom. The smallest absolute Gasteiger partial charge is 0.341 e. The van der Waals surface area contributed by atoms with Crippen LogP contribution in [0.2, 0.25) is 0 Å². The number of hydrogen-bond acceptors (Lipinski definition) is 5. The summed E-state index contributed by atoms with van der Waals surface area (Å²) in [5.74, 6) is -0.174. The van der Waals surface area contributed by atoms with Crippen molar-refractivity contribution in [2.45, 2.75) is 26.4 Å². The fourth-order valence-corrected chi connectivity index (χ4v) is 3.60. The molecular weight excluding hydrogens is 330 g/mol. The van der Waals surface area contributed by atoms with Crippen molar-refractivity contribution in [1.82, 2.24) is 4.90 Å². The summed E-state index contributed by atoms with van der Waals surface area (Å²) in [6.07, 6.45) is 1.23. The molecule has 2 aromatic carbocycles. The van der Waals surface area contributed by atoms with Gasteiger partial charge in [0, 0.05) is 25.0 Å². The van der Waals surface area contributed by atoms with E-state index in [4.69, 9.17) is 4.42 Å². The van der Waals surface area contributed by atoms with Crippen LogP contribution in [-0.2, 0) is 19.5 Å². The Morgan fingerprint density at radius 3 is 2.65 bits per heavy atom. The lowest BCUT2D eigenvalue weighted by molar-refractivity contribution is 0.112. The summed E-state index contributed by atoms with van der Waals surface area (Å²) in [6, 6.07) is 11.6. The molecule has 0 radical (unpaired) electrons. The first-order valence-corrected chi connectivity index (χ1v) is 8.60. The van der Waals surface area contributed by atoms with Crippen LogP contribution < -0.4 is 5.63 Å². The molecule has 26 heavy (non-hydrogen) atoms. The van der Waals surface area contributed by atoms with Crippen LogP contribution in [0, 0.1) is 6.92 Å². The summed E-state index contributed by atoms with van der Waals surface area (Å²) in [4.78, 5) is 26.0. The molecule has 5 heteroatoms. The van der Waals surface area contributed by atoms with Crippen LogP contribution in [0.25, 0.3) is 11.0 Å². The Hall–Kier alpha value is -2.92. The molecule has 132 valence electrons. The number of aryl methyl sites for hydroxylation is 1. The van der Waals surface area contributed by atoms with E-state index < -0.39 is 5.63 Å². The van der Waals surface area contributed by atoms with E-state index in [0.29, 0.717) is 24.8 Å². The zero-order valence-corrected chi connectivity index (χ0v) is 14.5.